The van der Waals surface area contributed by atoms with Crippen molar-refractivity contribution in [2.75, 3.05) is 11.4 Å². The average molecular weight is 462 g/mol. The second-order valence-corrected chi connectivity index (χ2v) is 7.78. The van der Waals surface area contributed by atoms with Crippen LogP contribution in [0.25, 0.3) is 22.0 Å². The number of fused-ring (bicyclic) bond motifs is 2. The van der Waals surface area contributed by atoms with Crippen LogP contribution in [-0.2, 0) is 11.3 Å². The standard InChI is InChI=1S/C25H23N3O.BrH/c1-18(29)28-17-22(23-4-2-3-5-25(23)28)11-15-27-13-9-19(10-14-27)20-6-7-24-21(16-20)8-12-26-24;/h2-10,12-14,16,22H,11,15,17H2,1H3;1H/t22-;/m1./s1. The first-order chi connectivity index (χ1) is 14.2. The van der Waals surface area contributed by atoms with Crippen LogP contribution < -0.4 is 26.4 Å². The Bertz CT molecular complexity index is 1180. The Morgan fingerprint density at radius 3 is 2.67 bits per heavy atom. The van der Waals surface area contributed by atoms with Crippen molar-refractivity contribution < 1.29 is 26.3 Å². The smallest absolute Gasteiger partial charge is 0.223 e. The number of aryl methyl sites for hydroxylation is 1. The number of aromatic amines is 1. The Morgan fingerprint density at radius 2 is 1.87 bits per heavy atom. The molecule has 1 N–H and O–H groups in total. The van der Waals surface area contributed by atoms with Crippen LogP contribution >= 0.6 is 0 Å². The number of amides is 1. The Morgan fingerprint density at radius 1 is 1.07 bits per heavy atom. The zero-order valence-corrected chi connectivity index (χ0v) is 18.5. The van der Waals surface area contributed by atoms with Crippen molar-refractivity contribution in [2.24, 2.45) is 0 Å². The Labute approximate surface area is 186 Å². The molecule has 1 atom stereocenters. The summed E-state index contributed by atoms with van der Waals surface area (Å²) in [6, 6.07) is 21.3. The molecule has 4 nitrogen and oxygen atoms in total. The van der Waals surface area contributed by atoms with Gasteiger partial charge in [0.2, 0.25) is 5.91 Å². The van der Waals surface area contributed by atoms with Gasteiger partial charge in [-0.2, -0.15) is 0 Å². The largest absolute Gasteiger partial charge is 1.00 e. The topological polar surface area (TPSA) is 40.0 Å². The lowest BCUT2D eigenvalue weighted by atomic mass is 9.98. The molecule has 0 fully saturated rings. The molecule has 5 rings (SSSR count). The second-order valence-electron chi connectivity index (χ2n) is 7.78. The van der Waals surface area contributed by atoms with Crippen molar-refractivity contribution in [2.45, 2.75) is 25.8 Å². The molecule has 0 saturated carbocycles. The summed E-state index contributed by atoms with van der Waals surface area (Å²) in [5.41, 5.74) is 5.98. The minimum absolute atomic E-state index is 0. The molecule has 0 bridgehead atoms. The lowest BCUT2D eigenvalue weighted by Gasteiger charge is -2.14. The molecule has 0 spiro atoms. The van der Waals surface area contributed by atoms with Gasteiger partial charge in [-0.1, -0.05) is 24.3 Å². The van der Waals surface area contributed by atoms with Gasteiger partial charge in [0.15, 0.2) is 12.4 Å². The van der Waals surface area contributed by atoms with E-state index in [1.807, 2.05) is 17.2 Å². The van der Waals surface area contributed by atoms with Crippen LogP contribution in [-0.4, -0.2) is 17.4 Å². The molecule has 0 aliphatic carbocycles. The molecule has 1 aliphatic rings. The number of halogens is 1. The average Bonchev–Trinajstić information content (AvgIpc) is 3.37. The van der Waals surface area contributed by atoms with Crippen molar-refractivity contribution in [1.29, 1.82) is 0 Å². The number of rotatable bonds is 4. The van der Waals surface area contributed by atoms with Crippen LogP contribution in [0, 0.1) is 0 Å². The number of nitrogens with one attached hydrogen (secondary N) is 1. The molecule has 1 aliphatic heterocycles. The van der Waals surface area contributed by atoms with E-state index in [-0.39, 0.29) is 22.9 Å². The summed E-state index contributed by atoms with van der Waals surface area (Å²) in [6.07, 6.45) is 7.29. The van der Waals surface area contributed by atoms with Crippen LogP contribution in [0.1, 0.15) is 24.8 Å². The fraction of sp³-hybridized carbons (Fsp3) is 0.200. The number of carbonyl (C=O) groups is 1. The van der Waals surface area contributed by atoms with Gasteiger partial charge < -0.3 is 26.9 Å². The number of hydrogen-bond acceptors (Lipinski definition) is 1. The van der Waals surface area contributed by atoms with Crippen molar-refractivity contribution in [3.05, 3.63) is 84.8 Å². The van der Waals surface area contributed by atoms with E-state index in [2.05, 4.69) is 76.5 Å². The van der Waals surface area contributed by atoms with Crippen LogP contribution in [0.2, 0.25) is 0 Å². The lowest BCUT2D eigenvalue weighted by Crippen LogP contribution is -3.00. The zero-order valence-electron chi connectivity index (χ0n) is 16.9. The van der Waals surface area contributed by atoms with E-state index in [1.54, 1.807) is 6.92 Å². The highest BCUT2D eigenvalue weighted by Crippen LogP contribution is 2.37. The third-order valence-corrected chi connectivity index (χ3v) is 5.96. The number of hydrogen-bond donors (Lipinski definition) is 1. The number of aromatic nitrogens is 2. The summed E-state index contributed by atoms with van der Waals surface area (Å²) in [5, 5.41) is 1.23. The molecule has 0 radical (unpaired) electrons. The van der Waals surface area contributed by atoms with E-state index in [1.165, 1.54) is 22.1 Å². The minimum Gasteiger partial charge on any atom is -1.00 e. The summed E-state index contributed by atoms with van der Waals surface area (Å²) < 4.78 is 2.23. The SMILES string of the molecule is CC(=O)N1C[C@@H](CC[n+]2ccc(-c3ccc4[nH]ccc4c3)cc2)c2ccccc21.[Br-]. The lowest BCUT2D eigenvalue weighted by molar-refractivity contribution is -0.697. The van der Waals surface area contributed by atoms with Gasteiger partial charge >= 0.3 is 0 Å². The van der Waals surface area contributed by atoms with Crippen LogP contribution in [0.15, 0.2) is 79.3 Å². The quantitative estimate of drug-likeness (QED) is 0.461. The molecule has 2 aromatic heterocycles. The number of carbonyl (C=O) groups excluding carboxylic acids is 1. The summed E-state index contributed by atoms with van der Waals surface area (Å²) in [5.74, 6) is 0.509. The van der Waals surface area contributed by atoms with Gasteiger partial charge in [0.1, 0.15) is 6.54 Å². The van der Waals surface area contributed by atoms with Gasteiger partial charge in [0, 0.05) is 55.3 Å². The number of para-hydroxylation sites is 1. The van der Waals surface area contributed by atoms with Crippen molar-refractivity contribution in [3.63, 3.8) is 0 Å². The Balaban J connectivity index is 0.00000218. The van der Waals surface area contributed by atoms with E-state index in [0.29, 0.717) is 5.92 Å². The molecule has 30 heavy (non-hydrogen) atoms. The van der Waals surface area contributed by atoms with E-state index in [0.717, 1.165) is 30.7 Å². The number of benzene rings is 2. The van der Waals surface area contributed by atoms with Crippen molar-refractivity contribution in [3.8, 4) is 11.1 Å². The normalized spacial score (nSPS) is 15.1. The van der Waals surface area contributed by atoms with E-state index in [4.69, 9.17) is 0 Å². The molecular weight excluding hydrogens is 438 g/mol. The predicted molar refractivity (Wildman–Crippen MR) is 116 cm³/mol. The number of pyridine rings is 1. The van der Waals surface area contributed by atoms with E-state index in [9.17, 15) is 4.79 Å². The van der Waals surface area contributed by atoms with Crippen molar-refractivity contribution in [1.82, 2.24) is 4.98 Å². The summed E-state index contributed by atoms with van der Waals surface area (Å²) in [4.78, 5) is 17.1. The Kier molecular flexibility index (Phi) is 5.73. The van der Waals surface area contributed by atoms with Crippen LogP contribution in [0.5, 0.6) is 0 Å². The van der Waals surface area contributed by atoms with E-state index < -0.39 is 0 Å². The zero-order chi connectivity index (χ0) is 19.8. The van der Waals surface area contributed by atoms with Gasteiger partial charge in [0.05, 0.1) is 0 Å². The number of anilines is 1. The molecule has 4 aromatic rings. The maximum absolute atomic E-state index is 12.0. The first-order valence-corrected chi connectivity index (χ1v) is 10.1. The van der Waals surface area contributed by atoms with Crippen molar-refractivity contribution >= 4 is 22.5 Å². The summed E-state index contributed by atoms with van der Waals surface area (Å²) >= 11 is 0. The Hall–Kier alpha value is -2.92. The highest BCUT2D eigenvalue weighted by Gasteiger charge is 2.30. The highest BCUT2D eigenvalue weighted by atomic mass is 79.9. The monoisotopic (exact) mass is 461 g/mol. The van der Waals surface area contributed by atoms with Crippen LogP contribution in [0.3, 0.4) is 0 Å². The van der Waals surface area contributed by atoms with Gasteiger partial charge in [-0.05, 0) is 46.3 Å². The van der Waals surface area contributed by atoms with Gasteiger partial charge in [-0.3, -0.25) is 4.79 Å². The number of nitrogens with zero attached hydrogens (tertiary/aromatic N) is 2. The summed E-state index contributed by atoms with van der Waals surface area (Å²) in [6.45, 7) is 3.36. The summed E-state index contributed by atoms with van der Waals surface area (Å²) in [7, 11) is 0. The first kappa shape index (κ1) is 20.4. The second kappa shape index (κ2) is 8.44. The van der Waals surface area contributed by atoms with Gasteiger partial charge in [-0.15, -0.1) is 0 Å². The fourth-order valence-corrected chi connectivity index (χ4v) is 4.38. The third-order valence-electron chi connectivity index (χ3n) is 5.96. The molecule has 0 saturated heterocycles. The molecule has 1 amide bonds. The first-order valence-electron chi connectivity index (χ1n) is 10.1. The van der Waals surface area contributed by atoms with E-state index >= 15 is 0 Å². The highest BCUT2D eigenvalue weighted by molar-refractivity contribution is 5.94. The minimum atomic E-state index is 0. The van der Waals surface area contributed by atoms with Crippen LogP contribution in [0.4, 0.5) is 5.69 Å². The predicted octanol–water partition coefficient (Wildman–Crippen LogP) is 1.67. The molecule has 0 unspecified atom stereocenters. The maximum atomic E-state index is 12.0. The number of H-pyrrole nitrogens is 1. The van der Waals surface area contributed by atoms with Gasteiger partial charge in [0.25, 0.3) is 0 Å². The van der Waals surface area contributed by atoms with Gasteiger partial charge in [-0.25, -0.2) is 4.57 Å². The fourth-order valence-electron chi connectivity index (χ4n) is 4.38. The third kappa shape index (κ3) is 3.77. The molecule has 2 aromatic carbocycles. The maximum Gasteiger partial charge on any atom is 0.223 e. The molecule has 5 heteroatoms. The molecule has 152 valence electrons. The molecule has 3 heterocycles. The molecular formula is C25H24BrN3O.